The molecule has 0 aliphatic heterocycles. The number of carbonyl (C=O) groups excluding carboxylic acids is 2. The van der Waals surface area contributed by atoms with Crippen molar-refractivity contribution in [2.24, 2.45) is 4.99 Å². The number of sulfonamides is 1. The number of hydrogen-bond donors (Lipinski definition) is 0. The van der Waals surface area contributed by atoms with Crippen LogP contribution in [0.15, 0.2) is 17.1 Å². The van der Waals surface area contributed by atoms with Crippen LogP contribution in [0.1, 0.15) is 11.1 Å². The topological polar surface area (TPSA) is 98.0 Å². The molecule has 2 aromatic rings. The molecule has 8 nitrogen and oxygen atoms in total. The monoisotopic (exact) mass is 399 g/mol. The highest BCUT2D eigenvalue weighted by molar-refractivity contribution is 7.88. The quantitative estimate of drug-likeness (QED) is 0.693. The number of carbonyl (C=O) groups is 2. The number of rotatable bonds is 5. The molecule has 142 valence electrons. The number of nitrogens with zero attached hydrogens (tertiary/aromatic N) is 3. The van der Waals surface area contributed by atoms with Crippen molar-refractivity contribution in [1.29, 1.82) is 0 Å². The Hall–Kier alpha value is -2.04. The van der Waals surface area contributed by atoms with Crippen LogP contribution in [0, 0.1) is 13.8 Å². The number of aromatic nitrogens is 1. The standard InChI is InChI=1S/C16H21N3O5S2/c1-10-6-12-13(7-11(10)2)25-16(19(12)9-15(21)24-4)17-14(20)8-18(3)26(5,22)23/h6-7H,8-9H2,1-5H3. The van der Waals surface area contributed by atoms with Crippen LogP contribution < -0.4 is 4.80 Å². The zero-order valence-electron chi connectivity index (χ0n) is 15.3. The second kappa shape index (κ2) is 7.68. The number of methoxy groups -OCH3 is 1. The molecular weight excluding hydrogens is 378 g/mol. The summed E-state index contributed by atoms with van der Waals surface area (Å²) < 4.78 is 31.0. The Morgan fingerprint density at radius 2 is 1.88 bits per heavy atom. The number of ether oxygens (including phenoxy) is 1. The predicted molar refractivity (Wildman–Crippen MR) is 99.3 cm³/mol. The van der Waals surface area contributed by atoms with Gasteiger partial charge in [-0.05, 0) is 37.1 Å². The fraction of sp³-hybridized carbons (Fsp3) is 0.438. The molecule has 0 atom stereocenters. The molecule has 10 heteroatoms. The summed E-state index contributed by atoms with van der Waals surface area (Å²) in [5.41, 5.74) is 2.90. The summed E-state index contributed by atoms with van der Waals surface area (Å²) in [6.07, 6.45) is 1.02. The normalized spacial score (nSPS) is 12.8. The maximum Gasteiger partial charge on any atom is 0.325 e. The lowest BCUT2D eigenvalue weighted by Crippen LogP contribution is -2.32. The van der Waals surface area contributed by atoms with Gasteiger partial charge in [-0.3, -0.25) is 9.59 Å². The average molecular weight is 399 g/mol. The number of benzene rings is 1. The molecule has 0 spiro atoms. The summed E-state index contributed by atoms with van der Waals surface area (Å²) >= 11 is 1.26. The number of likely N-dealkylation sites (N-methyl/N-ethyl adjacent to an activating group) is 1. The van der Waals surface area contributed by atoms with Gasteiger partial charge in [-0.15, -0.1) is 0 Å². The molecule has 0 unspecified atom stereocenters. The Morgan fingerprint density at radius 1 is 1.27 bits per heavy atom. The molecule has 1 heterocycles. The number of fused-ring (bicyclic) bond motifs is 1. The van der Waals surface area contributed by atoms with Gasteiger partial charge < -0.3 is 9.30 Å². The van der Waals surface area contributed by atoms with Crippen LogP contribution in [0.2, 0.25) is 0 Å². The van der Waals surface area contributed by atoms with Crippen molar-refractivity contribution in [3.8, 4) is 0 Å². The molecule has 1 aromatic heterocycles. The van der Waals surface area contributed by atoms with Crippen molar-refractivity contribution < 1.29 is 22.7 Å². The molecule has 0 bridgehead atoms. The van der Waals surface area contributed by atoms with E-state index in [2.05, 4.69) is 4.99 Å². The molecule has 0 fully saturated rings. The van der Waals surface area contributed by atoms with Gasteiger partial charge in [-0.1, -0.05) is 11.3 Å². The van der Waals surface area contributed by atoms with Crippen LogP contribution in [0.4, 0.5) is 0 Å². The summed E-state index contributed by atoms with van der Waals surface area (Å²) in [6, 6.07) is 3.89. The van der Waals surface area contributed by atoms with Gasteiger partial charge in [0.05, 0.1) is 30.1 Å². The van der Waals surface area contributed by atoms with E-state index in [9.17, 15) is 18.0 Å². The van der Waals surface area contributed by atoms with Crippen molar-refractivity contribution in [1.82, 2.24) is 8.87 Å². The molecule has 0 aliphatic carbocycles. The molecule has 1 amide bonds. The molecular formula is C16H21N3O5S2. The number of thiazole rings is 1. The Kier molecular flexibility index (Phi) is 5.99. The van der Waals surface area contributed by atoms with Crippen LogP contribution in [0.3, 0.4) is 0 Å². The van der Waals surface area contributed by atoms with Crippen molar-refractivity contribution in [2.45, 2.75) is 20.4 Å². The predicted octanol–water partition coefficient (Wildman–Crippen LogP) is 0.811. The minimum Gasteiger partial charge on any atom is -0.468 e. The van der Waals surface area contributed by atoms with Crippen LogP contribution in [0.5, 0.6) is 0 Å². The van der Waals surface area contributed by atoms with Crippen LogP contribution in [-0.2, 0) is 30.9 Å². The van der Waals surface area contributed by atoms with Gasteiger partial charge in [-0.25, -0.2) is 8.42 Å². The van der Waals surface area contributed by atoms with Gasteiger partial charge in [0.2, 0.25) is 10.0 Å². The van der Waals surface area contributed by atoms with E-state index in [1.54, 1.807) is 4.57 Å². The summed E-state index contributed by atoms with van der Waals surface area (Å²) in [6.45, 7) is 3.47. The van der Waals surface area contributed by atoms with Crippen molar-refractivity contribution in [2.75, 3.05) is 27.0 Å². The van der Waals surface area contributed by atoms with E-state index in [1.807, 2.05) is 26.0 Å². The van der Waals surface area contributed by atoms with Crippen LogP contribution in [-0.4, -0.2) is 56.1 Å². The fourth-order valence-corrected chi connectivity index (χ4v) is 3.67. The molecule has 2 rings (SSSR count). The molecule has 0 saturated heterocycles. The molecule has 1 aromatic carbocycles. The van der Waals surface area contributed by atoms with E-state index < -0.39 is 21.9 Å². The van der Waals surface area contributed by atoms with Gasteiger partial charge in [0.25, 0.3) is 5.91 Å². The van der Waals surface area contributed by atoms with E-state index in [-0.39, 0.29) is 13.1 Å². The first kappa shape index (κ1) is 20.3. The van der Waals surface area contributed by atoms with Crippen LogP contribution >= 0.6 is 11.3 Å². The Bertz CT molecular complexity index is 1030. The maximum absolute atomic E-state index is 12.2. The Balaban J connectivity index is 2.55. The zero-order chi connectivity index (χ0) is 19.6. The van der Waals surface area contributed by atoms with Gasteiger partial charge in [0.15, 0.2) is 4.80 Å². The largest absolute Gasteiger partial charge is 0.468 e. The summed E-state index contributed by atoms with van der Waals surface area (Å²) in [5, 5.41) is 0. The average Bonchev–Trinajstić information content (AvgIpc) is 2.83. The first-order chi connectivity index (χ1) is 12.0. The zero-order valence-corrected chi connectivity index (χ0v) is 16.9. The SMILES string of the molecule is COC(=O)Cn1c(=NC(=O)CN(C)S(C)(=O)=O)sc2cc(C)c(C)cc21. The van der Waals surface area contributed by atoms with Crippen molar-refractivity contribution in [3.05, 3.63) is 28.1 Å². The van der Waals surface area contributed by atoms with Gasteiger partial charge >= 0.3 is 5.97 Å². The highest BCUT2D eigenvalue weighted by Gasteiger charge is 2.16. The van der Waals surface area contributed by atoms with Gasteiger partial charge in [-0.2, -0.15) is 9.30 Å². The third-order valence-corrected chi connectivity index (χ3v) is 6.26. The maximum atomic E-state index is 12.2. The lowest BCUT2D eigenvalue weighted by atomic mass is 10.1. The number of hydrogen-bond acceptors (Lipinski definition) is 6. The van der Waals surface area contributed by atoms with E-state index in [0.29, 0.717) is 4.80 Å². The molecule has 26 heavy (non-hydrogen) atoms. The van der Waals surface area contributed by atoms with Crippen molar-refractivity contribution >= 4 is 43.5 Å². The Labute approximate surface area is 155 Å². The minimum absolute atomic E-state index is 0.0902. The number of amides is 1. The lowest BCUT2D eigenvalue weighted by Gasteiger charge is -2.10. The van der Waals surface area contributed by atoms with E-state index in [1.165, 1.54) is 25.5 Å². The highest BCUT2D eigenvalue weighted by atomic mass is 32.2. The second-order valence-corrected chi connectivity index (χ2v) is 9.07. The summed E-state index contributed by atoms with van der Waals surface area (Å²) in [5.74, 6) is -1.08. The van der Waals surface area contributed by atoms with E-state index in [0.717, 1.165) is 31.9 Å². The van der Waals surface area contributed by atoms with Crippen molar-refractivity contribution in [3.63, 3.8) is 0 Å². The molecule has 0 aliphatic rings. The van der Waals surface area contributed by atoms with E-state index >= 15 is 0 Å². The first-order valence-corrected chi connectivity index (χ1v) is 10.4. The third kappa shape index (κ3) is 4.57. The smallest absolute Gasteiger partial charge is 0.325 e. The van der Waals surface area contributed by atoms with Gasteiger partial charge in [0.1, 0.15) is 6.54 Å². The van der Waals surface area contributed by atoms with Gasteiger partial charge in [0, 0.05) is 7.05 Å². The fourth-order valence-electron chi connectivity index (χ4n) is 2.20. The van der Waals surface area contributed by atoms with Crippen LogP contribution in [0.25, 0.3) is 10.2 Å². The highest BCUT2D eigenvalue weighted by Crippen LogP contribution is 2.22. The number of aryl methyl sites for hydroxylation is 2. The lowest BCUT2D eigenvalue weighted by molar-refractivity contribution is -0.141. The summed E-state index contributed by atoms with van der Waals surface area (Å²) in [4.78, 5) is 28.3. The third-order valence-electron chi connectivity index (χ3n) is 3.96. The summed E-state index contributed by atoms with van der Waals surface area (Å²) in [7, 11) is -0.888. The minimum atomic E-state index is -3.48. The second-order valence-electron chi connectivity index (χ2n) is 5.98. The number of esters is 1. The molecule has 0 saturated carbocycles. The molecule has 0 N–H and O–H groups in total. The molecule has 0 radical (unpaired) electrons. The Morgan fingerprint density at radius 3 is 2.46 bits per heavy atom. The van der Waals surface area contributed by atoms with E-state index in [4.69, 9.17) is 4.74 Å². The first-order valence-electron chi connectivity index (χ1n) is 7.69.